The number of thioether (sulfide) groups is 1. The molecule has 1 aliphatic heterocycles. The number of hydrogen-bond donors (Lipinski definition) is 1. The summed E-state index contributed by atoms with van der Waals surface area (Å²) in [4.78, 5) is 15.9. The van der Waals surface area contributed by atoms with Crippen molar-refractivity contribution >= 4 is 23.5 Å². The molecule has 1 aliphatic rings. The van der Waals surface area contributed by atoms with Gasteiger partial charge in [-0.1, -0.05) is 35.9 Å². The monoisotopic (exact) mass is 370 g/mol. The Morgan fingerprint density at radius 3 is 2.85 bits per heavy atom. The molecule has 3 rings (SSSR count). The summed E-state index contributed by atoms with van der Waals surface area (Å²) >= 11 is 1.66. The largest absolute Gasteiger partial charge is 0.376 e. The fourth-order valence-corrected chi connectivity index (χ4v) is 3.65. The molecule has 26 heavy (non-hydrogen) atoms. The molecule has 0 aromatic heterocycles. The third-order valence-corrected chi connectivity index (χ3v) is 5.24. The second-order valence-corrected chi connectivity index (χ2v) is 7.55. The lowest BCUT2D eigenvalue weighted by molar-refractivity contribution is 0.0819. The van der Waals surface area contributed by atoms with E-state index in [1.54, 1.807) is 11.8 Å². The number of carbonyl (C=O) groups is 1. The summed E-state index contributed by atoms with van der Waals surface area (Å²) in [6.45, 7) is 4.06. The number of carbonyl (C=O) groups excluding carboxylic acids is 1. The maximum absolute atomic E-state index is 12.9. The van der Waals surface area contributed by atoms with Gasteiger partial charge < -0.3 is 15.0 Å². The van der Waals surface area contributed by atoms with Gasteiger partial charge in [-0.05, 0) is 49.8 Å². The van der Waals surface area contributed by atoms with Gasteiger partial charge in [0.05, 0.1) is 6.10 Å². The molecule has 1 N–H and O–H groups in total. The van der Waals surface area contributed by atoms with E-state index >= 15 is 0 Å². The number of anilines is 1. The molecule has 0 spiro atoms. The normalized spacial score (nSPS) is 16.5. The third kappa shape index (κ3) is 5.26. The zero-order chi connectivity index (χ0) is 18.4. The predicted molar refractivity (Wildman–Crippen MR) is 108 cm³/mol. The molecule has 5 heteroatoms. The van der Waals surface area contributed by atoms with Crippen LogP contribution in [0, 0.1) is 6.92 Å². The van der Waals surface area contributed by atoms with E-state index < -0.39 is 0 Å². The number of nitrogens with one attached hydrogen (secondary N) is 1. The Morgan fingerprint density at radius 1 is 1.27 bits per heavy atom. The SMILES string of the molecule is CSc1cccc(NC(=O)N(Cc2cccc(C)c2)CC2CCCO2)c1. The summed E-state index contributed by atoms with van der Waals surface area (Å²) in [7, 11) is 0. The molecule has 0 bridgehead atoms. The first kappa shape index (κ1) is 18.8. The van der Waals surface area contributed by atoms with Gasteiger partial charge >= 0.3 is 6.03 Å². The maximum atomic E-state index is 12.9. The Morgan fingerprint density at radius 2 is 2.12 bits per heavy atom. The highest BCUT2D eigenvalue weighted by atomic mass is 32.2. The van der Waals surface area contributed by atoms with Gasteiger partial charge in [0.25, 0.3) is 0 Å². The molecule has 138 valence electrons. The number of nitrogens with zero attached hydrogens (tertiary/aromatic N) is 1. The molecule has 4 nitrogen and oxygen atoms in total. The van der Waals surface area contributed by atoms with Crippen molar-refractivity contribution in [2.45, 2.75) is 37.3 Å². The van der Waals surface area contributed by atoms with E-state index in [4.69, 9.17) is 4.74 Å². The van der Waals surface area contributed by atoms with E-state index in [0.29, 0.717) is 13.1 Å². The van der Waals surface area contributed by atoms with Crippen molar-refractivity contribution in [3.8, 4) is 0 Å². The van der Waals surface area contributed by atoms with Crippen LogP contribution >= 0.6 is 11.8 Å². The van der Waals surface area contributed by atoms with Crippen molar-refractivity contribution in [2.75, 3.05) is 24.7 Å². The van der Waals surface area contributed by atoms with Gasteiger partial charge in [-0.25, -0.2) is 4.79 Å². The molecular weight excluding hydrogens is 344 g/mol. The molecule has 1 heterocycles. The van der Waals surface area contributed by atoms with Crippen molar-refractivity contribution in [3.05, 3.63) is 59.7 Å². The minimum Gasteiger partial charge on any atom is -0.376 e. The fourth-order valence-electron chi connectivity index (χ4n) is 3.19. The number of benzene rings is 2. The number of hydrogen-bond acceptors (Lipinski definition) is 3. The van der Waals surface area contributed by atoms with Gasteiger partial charge in [-0.15, -0.1) is 11.8 Å². The number of urea groups is 1. The van der Waals surface area contributed by atoms with Crippen molar-refractivity contribution in [2.24, 2.45) is 0 Å². The number of amides is 2. The first-order chi connectivity index (χ1) is 12.6. The van der Waals surface area contributed by atoms with Crippen LogP contribution in [0.15, 0.2) is 53.4 Å². The van der Waals surface area contributed by atoms with Crippen LogP contribution < -0.4 is 5.32 Å². The van der Waals surface area contributed by atoms with Gasteiger partial charge in [-0.2, -0.15) is 0 Å². The average Bonchev–Trinajstić information content (AvgIpc) is 3.14. The Hall–Kier alpha value is -1.98. The van der Waals surface area contributed by atoms with Crippen LogP contribution in [-0.2, 0) is 11.3 Å². The standard InChI is InChI=1S/C21H26N2O2S/c1-16-6-3-7-17(12-16)14-23(15-19-9-5-11-25-19)21(24)22-18-8-4-10-20(13-18)26-2/h3-4,6-8,10,12-13,19H,5,9,11,14-15H2,1-2H3,(H,22,24). The first-order valence-corrected chi connectivity index (χ1v) is 10.2. The van der Waals surface area contributed by atoms with Crippen LogP contribution in [0.4, 0.5) is 10.5 Å². The van der Waals surface area contributed by atoms with E-state index in [1.807, 2.05) is 41.5 Å². The second-order valence-electron chi connectivity index (χ2n) is 6.67. The Kier molecular flexibility index (Phi) is 6.58. The quantitative estimate of drug-likeness (QED) is 0.733. The summed E-state index contributed by atoms with van der Waals surface area (Å²) in [5, 5.41) is 3.04. The van der Waals surface area contributed by atoms with Crippen molar-refractivity contribution in [1.29, 1.82) is 0 Å². The predicted octanol–water partition coefficient (Wildman–Crippen LogP) is 4.93. The first-order valence-electron chi connectivity index (χ1n) is 9.01. The molecule has 1 fully saturated rings. The van der Waals surface area contributed by atoms with Crippen molar-refractivity contribution in [1.82, 2.24) is 4.90 Å². The van der Waals surface area contributed by atoms with E-state index in [1.165, 1.54) is 5.56 Å². The summed E-state index contributed by atoms with van der Waals surface area (Å²) in [5.74, 6) is 0. The van der Waals surface area contributed by atoms with Crippen LogP contribution in [0.5, 0.6) is 0 Å². The Balaban J connectivity index is 1.73. The van der Waals surface area contributed by atoms with Gasteiger partial charge in [-0.3, -0.25) is 0 Å². The number of aryl methyl sites for hydroxylation is 1. The molecule has 2 amide bonds. The zero-order valence-electron chi connectivity index (χ0n) is 15.4. The fraction of sp³-hybridized carbons (Fsp3) is 0.381. The van der Waals surface area contributed by atoms with E-state index in [9.17, 15) is 4.79 Å². The van der Waals surface area contributed by atoms with E-state index in [-0.39, 0.29) is 12.1 Å². The molecule has 1 atom stereocenters. The Bertz CT molecular complexity index is 744. The van der Waals surface area contributed by atoms with Crippen LogP contribution in [-0.4, -0.2) is 36.4 Å². The summed E-state index contributed by atoms with van der Waals surface area (Å²) in [6.07, 6.45) is 4.24. The molecular formula is C21H26N2O2S. The van der Waals surface area contributed by atoms with Gasteiger partial charge in [0.2, 0.25) is 0 Å². The molecule has 0 aliphatic carbocycles. The van der Waals surface area contributed by atoms with Gasteiger partial charge in [0.15, 0.2) is 0 Å². The summed E-state index contributed by atoms with van der Waals surface area (Å²) in [5.41, 5.74) is 3.16. The lowest BCUT2D eigenvalue weighted by Gasteiger charge is -2.26. The Labute approximate surface area is 159 Å². The van der Waals surface area contributed by atoms with E-state index in [2.05, 4.69) is 30.4 Å². The van der Waals surface area contributed by atoms with Gasteiger partial charge in [0.1, 0.15) is 0 Å². The minimum absolute atomic E-state index is 0.0831. The van der Waals surface area contributed by atoms with Crippen LogP contribution in [0.25, 0.3) is 0 Å². The van der Waals surface area contributed by atoms with Crippen LogP contribution in [0.2, 0.25) is 0 Å². The van der Waals surface area contributed by atoms with Crippen LogP contribution in [0.1, 0.15) is 24.0 Å². The van der Waals surface area contributed by atoms with E-state index in [0.717, 1.165) is 35.6 Å². The number of rotatable bonds is 6. The molecule has 0 radical (unpaired) electrons. The zero-order valence-corrected chi connectivity index (χ0v) is 16.2. The number of ether oxygens (including phenoxy) is 1. The van der Waals surface area contributed by atoms with Crippen LogP contribution in [0.3, 0.4) is 0 Å². The van der Waals surface area contributed by atoms with Gasteiger partial charge in [0, 0.05) is 30.3 Å². The summed E-state index contributed by atoms with van der Waals surface area (Å²) in [6, 6.07) is 16.1. The smallest absolute Gasteiger partial charge is 0.322 e. The third-order valence-electron chi connectivity index (χ3n) is 4.51. The lowest BCUT2D eigenvalue weighted by atomic mass is 10.1. The molecule has 2 aromatic carbocycles. The highest BCUT2D eigenvalue weighted by Gasteiger charge is 2.23. The maximum Gasteiger partial charge on any atom is 0.322 e. The topological polar surface area (TPSA) is 41.6 Å². The molecule has 1 unspecified atom stereocenters. The average molecular weight is 371 g/mol. The van der Waals surface area contributed by atoms with Crippen molar-refractivity contribution < 1.29 is 9.53 Å². The highest BCUT2D eigenvalue weighted by molar-refractivity contribution is 7.98. The lowest BCUT2D eigenvalue weighted by Crippen LogP contribution is -2.39. The summed E-state index contributed by atoms with van der Waals surface area (Å²) < 4.78 is 5.76. The minimum atomic E-state index is -0.0831. The molecule has 2 aromatic rings. The van der Waals surface area contributed by atoms with Crippen molar-refractivity contribution in [3.63, 3.8) is 0 Å². The highest BCUT2D eigenvalue weighted by Crippen LogP contribution is 2.21. The molecule has 0 saturated carbocycles. The second kappa shape index (κ2) is 9.10. The molecule has 1 saturated heterocycles.